The molecule has 2 aromatic heterocycles. The molecule has 0 fully saturated rings. The summed E-state index contributed by atoms with van der Waals surface area (Å²) in [6, 6.07) is 6.98. The van der Waals surface area contributed by atoms with Crippen molar-refractivity contribution in [1.82, 2.24) is 14.5 Å². The van der Waals surface area contributed by atoms with Crippen LogP contribution in [-0.4, -0.2) is 21.6 Å². The van der Waals surface area contributed by atoms with Crippen molar-refractivity contribution in [2.45, 2.75) is 13.0 Å². The minimum absolute atomic E-state index is 0.158. The van der Waals surface area contributed by atoms with Crippen LogP contribution in [-0.2, 0) is 13.0 Å². The van der Waals surface area contributed by atoms with E-state index in [2.05, 4.69) is 9.97 Å². The molecular formula is C15H16N4O3. The van der Waals surface area contributed by atoms with Crippen molar-refractivity contribution in [3.8, 4) is 5.75 Å². The minimum atomic E-state index is -0.498. The van der Waals surface area contributed by atoms with Crippen LogP contribution in [0.4, 0.5) is 5.82 Å². The van der Waals surface area contributed by atoms with Gasteiger partial charge in [-0.3, -0.25) is 14.3 Å². The Morgan fingerprint density at radius 2 is 2.09 bits per heavy atom. The first-order chi connectivity index (χ1) is 10.6. The molecule has 4 N–H and O–H groups in total. The Balaban J connectivity index is 1.91. The Morgan fingerprint density at radius 1 is 1.27 bits per heavy atom. The first-order valence-corrected chi connectivity index (χ1v) is 6.82. The molecule has 0 atom stereocenters. The Bertz CT molecular complexity index is 936. The summed E-state index contributed by atoms with van der Waals surface area (Å²) in [6.45, 7) is 0.381. The number of hydrogen-bond donors (Lipinski definition) is 3. The van der Waals surface area contributed by atoms with E-state index in [4.69, 9.17) is 10.5 Å². The van der Waals surface area contributed by atoms with E-state index in [1.807, 2.05) is 24.4 Å². The highest BCUT2D eigenvalue weighted by Gasteiger charge is 2.08. The van der Waals surface area contributed by atoms with E-state index >= 15 is 0 Å². The van der Waals surface area contributed by atoms with Crippen LogP contribution >= 0.6 is 0 Å². The largest absolute Gasteiger partial charge is 0.497 e. The molecule has 0 aliphatic heterocycles. The quantitative estimate of drug-likeness (QED) is 0.664. The molecule has 0 spiro atoms. The number of methoxy groups -OCH3 is 1. The van der Waals surface area contributed by atoms with E-state index in [9.17, 15) is 9.59 Å². The van der Waals surface area contributed by atoms with Crippen LogP contribution in [0.2, 0.25) is 0 Å². The summed E-state index contributed by atoms with van der Waals surface area (Å²) < 4.78 is 6.58. The number of benzene rings is 1. The summed E-state index contributed by atoms with van der Waals surface area (Å²) in [5, 5.41) is 1.04. The van der Waals surface area contributed by atoms with E-state index in [0.29, 0.717) is 13.0 Å². The number of nitrogens with one attached hydrogen (secondary N) is 2. The predicted octanol–water partition coefficient (Wildman–Crippen LogP) is 0.851. The van der Waals surface area contributed by atoms with Gasteiger partial charge >= 0.3 is 5.69 Å². The van der Waals surface area contributed by atoms with E-state index in [1.165, 1.54) is 10.6 Å². The molecule has 7 nitrogen and oxygen atoms in total. The van der Waals surface area contributed by atoms with Gasteiger partial charge in [-0.15, -0.1) is 0 Å². The lowest BCUT2D eigenvalue weighted by Gasteiger charge is -2.08. The molecule has 0 amide bonds. The van der Waals surface area contributed by atoms with Gasteiger partial charge in [-0.25, -0.2) is 4.79 Å². The Morgan fingerprint density at radius 3 is 2.82 bits per heavy atom. The van der Waals surface area contributed by atoms with Crippen LogP contribution in [0.1, 0.15) is 5.56 Å². The van der Waals surface area contributed by atoms with Crippen LogP contribution in [0, 0.1) is 0 Å². The number of fused-ring (bicyclic) bond motifs is 1. The summed E-state index contributed by atoms with van der Waals surface area (Å²) >= 11 is 0. The Hall–Kier alpha value is -2.96. The van der Waals surface area contributed by atoms with Crippen LogP contribution in [0.15, 0.2) is 40.1 Å². The van der Waals surface area contributed by atoms with Crippen LogP contribution in [0.5, 0.6) is 5.75 Å². The highest BCUT2D eigenvalue weighted by Crippen LogP contribution is 2.24. The molecule has 2 heterocycles. The van der Waals surface area contributed by atoms with Gasteiger partial charge in [-0.05, 0) is 30.2 Å². The smallest absolute Gasteiger partial charge is 0.329 e. The molecule has 114 valence electrons. The third-order valence-corrected chi connectivity index (χ3v) is 3.65. The lowest BCUT2D eigenvalue weighted by Crippen LogP contribution is -2.31. The molecule has 0 radical (unpaired) electrons. The van der Waals surface area contributed by atoms with Gasteiger partial charge in [0.25, 0.3) is 5.56 Å². The maximum Gasteiger partial charge on any atom is 0.329 e. The highest BCUT2D eigenvalue weighted by molar-refractivity contribution is 5.84. The third-order valence-electron chi connectivity index (χ3n) is 3.65. The van der Waals surface area contributed by atoms with E-state index in [0.717, 1.165) is 22.2 Å². The zero-order chi connectivity index (χ0) is 15.7. The van der Waals surface area contributed by atoms with E-state index < -0.39 is 11.2 Å². The number of nitrogen functional groups attached to an aromatic ring is 1. The molecular weight excluding hydrogens is 284 g/mol. The lowest BCUT2D eigenvalue weighted by molar-refractivity contribution is 0.415. The second-order valence-corrected chi connectivity index (χ2v) is 4.99. The number of nitrogens with zero attached hydrogens (tertiary/aromatic N) is 1. The molecule has 0 aliphatic rings. The number of aromatic amines is 2. The second kappa shape index (κ2) is 5.44. The fourth-order valence-electron chi connectivity index (χ4n) is 2.49. The van der Waals surface area contributed by atoms with Gasteiger partial charge in [-0.2, -0.15) is 0 Å². The normalized spacial score (nSPS) is 11.0. The third kappa shape index (κ3) is 2.48. The van der Waals surface area contributed by atoms with Crippen molar-refractivity contribution in [3.63, 3.8) is 0 Å². The number of hydrogen-bond acceptors (Lipinski definition) is 4. The van der Waals surface area contributed by atoms with Gasteiger partial charge in [0.2, 0.25) is 0 Å². The van der Waals surface area contributed by atoms with Crippen molar-refractivity contribution in [2.75, 3.05) is 12.8 Å². The first-order valence-electron chi connectivity index (χ1n) is 6.82. The molecule has 22 heavy (non-hydrogen) atoms. The van der Waals surface area contributed by atoms with Gasteiger partial charge in [0, 0.05) is 29.7 Å². The molecule has 0 saturated carbocycles. The molecule has 0 aliphatic carbocycles. The van der Waals surface area contributed by atoms with Crippen molar-refractivity contribution < 1.29 is 4.74 Å². The lowest BCUT2D eigenvalue weighted by atomic mass is 10.1. The molecule has 0 saturated heterocycles. The molecule has 0 bridgehead atoms. The SMILES string of the molecule is COc1ccc2[nH]cc(CCn3c(N)cc(=O)[nH]c3=O)c2c1. The summed E-state index contributed by atoms with van der Waals surface area (Å²) in [5.74, 6) is 0.931. The zero-order valence-corrected chi connectivity index (χ0v) is 12.1. The number of anilines is 1. The van der Waals surface area contributed by atoms with Gasteiger partial charge in [0.15, 0.2) is 0 Å². The second-order valence-electron chi connectivity index (χ2n) is 4.99. The summed E-state index contributed by atoms with van der Waals surface area (Å²) in [4.78, 5) is 28.3. The number of ether oxygens (including phenoxy) is 1. The van der Waals surface area contributed by atoms with Crippen LogP contribution < -0.4 is 21.7 Å². The zero-order valence-electron chi connectivity index (χ0n) is 12.1. The monoisotopic (exact) mass is 300 g/mol. The van der Waals surface area contributed by atoms with Crippen molar-refractivity contribution in [1.29, 1.82) is 0 Å². The highest BCUT2D eigenvalue weighted by atomic mass is 16.5. The molecule has 1 aromatic carbocycles. The van der Waals surface area contributed by atoms with E-state index in [1.54, 1.807) is 7.11 Å². The van der Waals surface area contributed by atoms with E-state index in [-0.39, 0.29) is 5.82 Å². The fraction of sp³-hybridized carbons (Fsp3) is 0.200. The molecule has 3 aromatic rings. The number of aromatic nitrogens is 3. The minimum Gasteiger partial charge on any atom is -0.497 e. The Kier molecular flexibility index (Phi) is 3.46. The molecule has 7 heteroatoms. The maximum absolute atomic E-state index is 11.8. The fourth-order valence-corrected chi connectivity index (χ4v) is 2.49. The van der Waals surface area contributed by atoms with Gasteiger partial charge in [-0.1, -0.05) is 0 Å². The van der Waals surface area contributed by atoms with Crippen LogP contribution in [0.3, 0.4) is 0 Å². The number of rotatable bonds is 4. The number of nitrogens with two attached hydrogens (primary N) is 1. The van der Waals surface area contributed by atoms with Crippen molar-refractivity contribution >= 4 is 16.7 Å². The predicted molar refractivity (Wildman–Crippen MR) is 84.3 cm³/mol. The van der Waals surface area contributed by atoms with Gasteiger partial charge < -0.3 is 15.5 Å². The Labute approximate surface area is 125 Å². The molecule has 3 rings (SSSR count). The maximum atomic E-state index is 11.8. The summed E-state index contributed by atoms with van der Waals surface area (Å²) in [7, 11) is 1.62. The standard InChI is InChI=1S/C15H16N4O3/c1-22-10-2-3-12-11(6-10)9(8-17-12)4-5-19-13(16)7-14(20)18-15(19)21/h2-3,6-8,17H,4-5,16H2,1H3,(H,18,20,21). The first kappa shape index (κ1) is 14.0. The molecule has 0 unspecified atom stereocenters. The topological polar surface area (TPSA) is 106 Å². The van der Waals surface area contributed by atoms with Gasteiger partial charge in [0.05, 0.1) is 7.11 Å². The summed E-state index contributed by atoms with van der Waals surface area (Å²) in [5.41, 5.74) is 6.79. The van der Waals surface area contributed by atoms with Crippen molar-refractivity contribution in [2.24, 2.45) is 0 Å². The number of aryl methyl sites for hydroxylation is 1. The average Bonchev–Trinajstić information content (AvgIpc) is 2.88. The van der Waals surface area contributed by atoms with Crippen LogP contribution in [0.25, 0.3) is 10.9 Å². The van der Waals surface area contributed by atoms with Gasteiger partial charge in [0.1, 0.15) is 11.6 Å². The average molecular weight is 300 g/mol. The number of H-pyrrole nitrogens is 2. The summed E-state index contributed by atoms with van der Waals surface area (Å²) in [6.07, 6.45) is 2.50. The van der Waals surface area contributed by atoms with Crippen molar-refractivity contribution in [3.05, 3.63) is 56.9 Å².